The van der Waals surface area contributed by atoms with Crippen molar-refractivity contribution in [1.82, 2.24) is 10.6 Å². The van der Waals surface area contributed by atoms with Crippen molar-refractivity contribution in [3.05, 3.63) is 29.3 Å². The Morgan fingerprint density at radius 1 is 0.840 bits per heavy atom. The summed E-state index contributed by atoms with van der Waals surface area (Å²) in [5.74, 6) is 0. The van der Waals surface area contributed by atoms with Gasteiger partial charge < -0.3 is 25.8 Å². The van der Waals surface area contributed by atoms with E-state index in [1.54, 1.807) is 53.7 Å². The first-order valence-electron chi connectivity index (χ1n) is 8.16. The van der Waals surface area contributed by atoms with Crippen LogP contribution in [-0.2, 0) is 22.6 Å². The Morgan fingerprint density at radius 3 is 1.52 bits per heavy atom. The Kier molecular flexibility index (Phi) is 6.67. The molecule has 0 aliphatic rings. The number of nitrogen functional groups attached to an aromatic ring is 1. The summed E-state index contributed by atoms with van der Waals surface area (Å²) in [5.41, 5.74) is 6.95. The van der Waals surface area contributed by atoms with Crippen LogP contribution in [0.5, 0.6) is 0 Å². The molecule has 0 bridgehead atoms. The molecule has 1 aromatic carbocycles. The third kappa shape index (κ3) is 9.44. The van der Waals surface area contributed by atoms with Crippen molar-refractivity contribution in [2.45, 2.75) is 65.8 Å². The third-order valence-corrected chi connectivity index (χ3v) is 2.75. The summed E-state index contributed by atoms with van der Waals surface area (Å²) in [6.07, 6.45) is -0.994. The predicted octanol–water partition coefficient (Wildman–Crippen LogP) is 3.32. The van der Waals surface area contributed by atoms with Crippen LogP contribution in [0, 0.1) is 0 Å². The number of amides is 2. The number of ether oxygens (including phenoxy) is 2. The molecule has 1 rings (SSSR count). The molecule has 0 fully saturated rings. The van der Waals surface area contributed by atoms with Crippen molar-refractivity contribution in [2.24, 2.45) is 0 Å². The van der Waals surface area contributed by atoms with Gasteiger partial charge >= 0.3 is 12.2 Å². The van der Waals surface area contributed by atoms with E-state index < -0.39 is 23.4 Å². The van der Waals surface area contributed by atoms with E-state index in [-0.39, 0.29) is 13.1 Å². The molecule has 140 valence electrons. The summed E-state index contributed by atoms with van der Waals surface area (Å²) >= 11 is 0. The molecule has 1 aromatic rings. The maximum Gasteiger partial charge on any atom is 0.407 e. The maximum atomic E-state index is 11.7. The number of carbonyl (C=O) groups excluding carboxylic acids is 2. The summed E-state index contributed by atoms with van der Waals surface area (Å²) in [5, 5.41) is 5.35. The molecular weight excluding hydrogens is 322 g/mol. The third-order valence-electron chi connectivity index (χ3n) is 2.75. The molecule has 2 amide bonds. The van der Waals surface area contributed by atoms with Gasteiger partial charge in [0.05, 0.1) is 0 Å². The molecule has 0 aliphatic carbocycles. The number of hydrogen-bond donors (Lipinski definition) is 3. The Labute approximate surface area is 149 Å². The zero-order chi connectivity index (χ0) is 19.3. The molecule has 0 radical (unpaired) electrons. The molecule has 7 heteroatoms. The van der Waals surface area contributed by atoms with E-state index in [0.29, 0.717) is 5.69 Å². The average molecular weight is 351 g/mol. The van der Waals surface area contributed by atoms with Gasteiger partial charge in [-0.05, 0) is 64.8 Å². The highest BCUT2D eigenvalue weighted by Crippen LogP contribution is 2.13. The minimum atomic E-state index is -0.553. The second-order valence-electron chi connectivity index (χ2n) is 7.79. The van der Waals surface area contributed by atoms with E-state index in [0.717, 1.165) is 11.1 Å². The summed E-state index contributed by atoms with van der Waals surface area (Å²) in [7, 11) is 0. The van der Waals surface area contributed by atoms with E-state index in [4.69, 9.17) is 15.2 Å². The van der Waals surface area contributed by atoms with Gasteiger partial charge in [0.2, 0.25) is 0 Å². The smallest absolute Gasteiger partial charge is 0.407 e. The fraction of sp³-hybridized carbons (Fsp3) is 0.556. The topological polar surface area (TPSA) is 103 Å². The monoisotopic (exact) mass is 351 g/mol. The Hall–Kier alpha value is -2.44. The van der Waals surface area contributed by atoms with E-state index in [2.05, 4.69) is 10.6 Å². The Balaban J connectivity index is 2.61. The number of rotatable bonds is 4. The summed E-state index contributed by atoms with van der Waals surface area (Å²) in [4.78, 5) is 23.4. The van der Waals surface area contributed by atoms with E-state index in [1.807, 2.05) is 6.07 Å². The van der Waals surface area contributed by atoms with E-state index in [1.165, 1.54) is 0 Å². The molecule has 0 unspecified atom stereocenters. The lowest BCUT2D eigenvalue weighted by Crippen LogP contribution is -2.32. The molecule has 0 atom stereocenters. The first-order chi connectivity index (χ1) is 11.3. The second kappa shape index (κ2) is 8.09. The summed E-state index contributed by atoms with van der Waals surface area (Å²) < 4.78 is 10.4. The van der Waals surface area contributed by atoms with Gasteiger partial charge in [0.1, 0.15) is 11.2 Å². The van der Waals surface area contributed by atoms with Crippen LogP contribution in [0.4, 0.5) is 15.3 Å². The number of benzene rings is 1. The minimum absolute atomic E-state index is 0.277. The van der Waals surface area contributed by atoms with Crippen molar-refractivity contribution in [1.29, 1.82) is 0 Å². The van der Waals surface area contributed by atoms with Crippen molar-refractivity contribution < 1.29 is 19.1 Å². The van der Waals surface area contributed by atoms with Gasteiger partial charge in [0, 0.05) is 18.8 Å². The molecule has 0 saturated carbocycles. The van der Waals surface area contributed by atoms with Gasteiger partial charge in [0.15, 0.2) is 0 Å². The van der Waals surface area contributed by atoms with Crippen molar-refractivity contribution in [3.63, 3.8) is 0 Å². The number of anilines is 1. The van der Waals surface area contributed by atoms with Gasteiger partial charge in [-0.1, -0.05) is 6.07 Å². The highest BCUT2D eigenvalue weighted by molar-refractivity contribution is 5.68. The van der Waals surface area contributed by atoms with Crippen LogP contribution in [0.2, 0.25) is 0 Å². The van der Waals surface area contributed by atoms with Crippen molar-refractivity contribution >= 4 is 17.9 Å². The zero-order valence-corrected chi connectivity index (χ0v) is 15.9. The molecule has 4 N–H and O–H groups in total. The lowest BCUT2D eigenvalue weighted by Gasteiger charge is -2.20. The maximum absolute atomic E-state index is 11.7. The number of hydrogen-bond acceptors (Lipinski definition) is 5. The first kappa shape index (κ1) is 20.6. The number of nitrogens with one attached hydrogen (secondary N) is 2. The van der Waals surface area contributed by atoms with Crippen molar-refractivity contribution in [3.8, 4) is 0 Å². The molecular formula is C18H29N3O4. The second-order valence-corrected chi connectivity index (χ2v) is 7.79. The lowest BCUT2D eigenvalue weighted by molar-refractivity contribution is 0.0513. The Bertz CT molecular complexity index is 565. The predicted molar refractivity (Wildman–Crippen MR) is 97.0 cm³/mol. The molecule has 0 heterocycles. The van der Waals surface area contributed by atoms with Gasteiger partial charge in [0.25, 0.3) is 0 Å². The van der Waals surface area contributed by atoms with E-state index >= 15 is 0 Å². The number of nitrogens with two attached hydrogens (primary N) is 1. The van der Waals surface area contributed by atoms with E-state index in [9.17, 15) is 9.59 Å². The zero-order valence-electron chi connectivity index (χ0n) is 15.9. The molecule has 0 aliphatic heterocycles. The van der Waals surface area contributed by atoms with Crippen LogP contribution in [0.25, 0.3) is 0 Å². The average Bonchev–Trinajstić information content (AvgIpc) is 2.39. The van der Waals surface area contributed by atoms with Crippen LogP contribution in [0.1, 0.15) is 52.7 Å². The Morgan fingerprint density at radius 2 is 1.20 bits per heavy atom. The standard InChI is InChI=1S/C18H29N3O4/c1-17(2,3)24-15(22)20-10-12-7-13(9-14(19)8-12)11-21-16(23)25-18(4,5)6/h7-9H,10-11,19H2,1-6H3,(H,20,22)(H,21,23). The van der Waals surface area contributed by atoms with Crippen LogP contribution in [0.3, 0.4) is 0 Å². The van der Waals surface area contributed by atoms with Crippen LogP contribution >= 0.6 is 0 Å². The SMILES string of the molecule is CC(C)(C)OC(=O)NCc1cc(N)cc(CNC(=O)OC(C)(C)C)c1. The van der Waals surface area contributed by atoms with Crippen LogP contribution in [-0.4, -0.2) is 23.4 Å². The largest absolute Gasteiger partial charge is 0.444 e. The summed E-state index contributed by atoms with van der Waals surface area (Å²) in [6.45, 7) is 11.3. The highest BCUT2D eigenvalue weighted by Gasteiger charge is 2.17. The van der Waals surface area contributed by atoms with Crippen LogP contribution in [0.15, 0.2) is 18.2 Å². The molecule has 0 spiro atoms. The van der Waals surface area contributed by atoms with Crippen LogP contribution < -0.4 is 16.4 Å². The quantitative estimate of drug-likeness (QED) is 0.722. The first-order valence-corrected chi connectivity index (χ1v) is 8.16. The van der Waals surface area contributed by atoms with Gasteiger partial charge in [-0.3, -0.25) is 0 Å². The summed E-state index contributed by atoms with van der Waals surface area (Å²) in [6, 6.07) is 5.37. The van der Waals surface area contributed by atoms with Gasteiger partial charge in [-0.15, -0.1) is 0 Å². The lowest BCUT2D eigenvalue weighted by atomic mass is 10.1. The number of alkyl carbamates (subject to hydrolysis) is 2. The normalized spacial score (nSPS) is 11.6. The van der Waals surface area contributed by atoms with Gasteiger partial charge in [-0.25, -0.2) is 9.59 Å². The fourth-order valence-electron chi connectivity index (χ4n) is 1.97. The minimum Gasteiger partial charge on any atom is -0.444 e. The van der Waals surface area contributed by atoms with Gasteiger partial charge in [-0.2, -0.15) is 0 Å². The highest BCUT2D eigenvalue weighted by atomic mass is 16.6. The molecule has 0 aromatic heterocycles. The molecule has 25 heavy (non-hydrogen) atoms. The number of carbonyl (C=O) groups is 2. The molecule has 7 nitrogen and oxygen atoms in total. The fourth-order valence-corrected chi connectivity index (χ4v) is 1.97. The molecule has 0 saturated heterocycles. The van der Waals surface area contributed by atoms with Crippen molar-refractivity contribution in [2.75, 3.05) is 5.73 Å².